The first kappa shape index (κ1) is 18.5. The fraction of sp³-hybridized carbons (Fsp3) is 0.0833. The van der Waals surface area contributed by atoms with E-state index in [4.69, 9.17) is 13.9 Å². The van der Waals surface area contributed by atoms with Crippen molar-refractivity contribution < 1.29 is 13.9 Å². The SMILES string of the molecule is COc1cc(OCc2ccccc2)ccc1C=Nc1cc(=O)oc2ccccc12. The summed E-state index contributed by atoms with van der Waals surface area (Å²) in [5.41, 5.74) is 2.48. The zero-order valence-corrected chi connectivity index (χ0v) is 15.9. The minimum atomic E-state index is -0.438. The molecule has 1 aromatic heterocycles. The maximum Gasteiger partial charge on any atom is 0.338 e. The summed E-state index contributed by atoms with van der Waals surface area (Å²) in [5.74, 6) is 1.33. The Bertz CT molecular complexity index is 1210. The van der Waals surface area contributed by atoms with Crippen molar-refractivity contribution >= 4 is 22.9 Å². The molecule has 5 nitrogen and oxygen atoms in total. The Morgan fingerprint density at radius 3 is 2.59 bits per heavy atom. The lowest BCUT2D eigenvalue weighted by molar-refractivity contribution is 0.303. The molecule has 0 spiro atoms. The summed E-state index contributed by atoms with van der Waals surface area (Å²) in [5, 5.41) is 0.769. The van der Waals surface area contributed by atoms with Crippen molar-refractivity contribution in [3.05, 3.63) is 100 Å². The van der Waals surface area contributed by atoms with Gasteiger partial charge < -0.3 is 13.9 Å². The largest absolute Gasteiger partial charge is 0.496 e. The van der Waals surface area contributed by atoms with Crippen molar-refractivity contribution in [1.82, 2.24) is 0 Å². The highest BCUT2D eigenvalue weighted by atomic mass is 16.5. The van der Waals surface area contributed by atoms with E-state index in [1.807, 2.05) is 66.7 Å². The van der Waals surface area contributed by atoms with Gasteiger partial charge in [-0.2, -0.15) is 0 Å². The van der Waals surface area contributed by atoms with E-state index < -0.39 is 5.63 Å². The van der Waals surface area contributed by atoms with E-state index in [1.54, 1.807) is 19.4 Å². The van der Waals surface area contributed by atoms with Crippen molar-refractivity contribution in [3.63, 3.8) is 0 Å². The van der Waals surface area contributed by atoms with Crippen LogP contribution in [-0.4, -0.2) is 13.3 Å². The van der Waals surface area contributed by atoms with Crippen LogP contribution in [0.4, 0.5) is 5.69 Å². The standard InChI is InChI=1S/C24H19NO4/c1-27-23-13-19(28-16-17-7-3-2-4-8-17)12-11-18(23)15-25-21-14-24(26)29-22-10-6-5-9-20(21)22/h2-15H,16H2,1H3. The number of methoxy groups -OCH3 is 1. The van der Waals surface area contributed by atoms with Crippen LogP contribution < -0.4 is 15.1 Å². The molecule has 1 heterocycles. The predicted octanol–water partition coefficient (Wildman–Crippen LogP) is 5.13. The lowest BCUT2D eigenvalue weighted by atomic mass is 10.2. The van der Waals surface area contributed by atoms with Crippen LogP contribution in [0.1, 0.15) is 11.1 Å². The monoisotopic (exact) mass is 385 g/mol. The smallest absolute Gasteiger partial charge is 0.338 e. The molecule has 0 fully saturated rings. The number of hydrogen-bond acceptors (Lipinski definition) is 5. The minimum absolute atomic E-state index is 0.438. The van der Waals surface area contributed by atoms with E-state index in [1.165, 1.54) is 6.07 Å². The van der Waals surface area contributed by atoms with Gasteiger partial charge in [-0.25, -0.2) is 4.79 Å². The minimum Gasteiger partial charge on any atom is -0.496 e. The van der Waals surface area contributed by atoms with Gasteiger partial charge in [0, 0.05) is 23.2 Å². The van der Waals surface area contributed by atoms with Gasteiger partial charge in [0.2, 0.25) is 0 Å². The average molecular weight is 385 g/mol. The molecule has 4 aromatic rings. The van der Waals surface area contributed by atoms with Gasteiger partial charge in [-0.1, -0.05) is 42.5 Å². The molecular weight excluding hydrogens is 366 g/mol. The molecule has 0 bridgehead atoms. The molecule has 0 aliphatic heterocycles. The quantitative estimate of drug-likeness (QED) is 0.341. The number of aliphatic imine (C=N–C) groups is 1. The van der Waals surface area contributed by atoms with Crippen LogP contribution in [0.3, 0.4) is 0 Å². The number of para-hydroxylation sites is 1. The third-order valence-electron chi connectivity index (χ3n) is 4.42. The van der Waals surface area contributed by atoms with Gasteiger partial charge in [-0.3, -0.25) is 4.99 Å². The lowest BCUT2D eigenvalue weighted by Gasteiger charge is -2.10. The highest BCUT2D eigenvalue weighted by Crippen LogP contribution is 2.27. The molecule has 144 valence electrons. The topological polar surface area (TPSA) is 61.0 Å². The summed E-state index contributed by atoms with van der Waals surface area (Å²) >= 11 is 0. The molecule has 0 N–H and O–H groups in total. The van der Waals surface area contributed by atoms with Crippen LogP contribution in [0, 0.1) is 0 Å². The van der Waals surface area contributed by atoms with Gasteiger partial charge in [-0.15, -0.1) is 0 Å². The Labute approximate surface area is 167 Å². The molecule has 3 aromatic carbocycles. The summed E-state index contributed by atoms with van der Waals surface area (Å²) in [4.78, 5) is 16.3. The molecular formula is C24H19NO4. The Morgan fingerprint density at radius 1 is 0.966 bits per heavy atom. The number of rotatable bonds is 6. The van der Waals surface area contributed by atoms with E-state index in [9.17, 15) is 4.79 Å². The molecule has 0 saturated carbocycles. The first-order valence-electron chi connectivity index (χ1n) is 9.14. The zero-order valence-electron chi connectivity index (χ0n) is 15.9. The van der Waals surface area contributed by atoms with E-state index in [-0.39, 0.29) is 0 Å². The van der Waals surface area contributed by atoms with Gasteiger partial charge in [0.1, 0.15) is 23.7 Å². The van der Waals surface area contributed by atoms with Gasteiger partial charge in [-0.05, 0) is 29.8 Å². The fourth-order valence-corrected chi connectivity index (χ4v) is 2.97. The summed E-state index contributed by atoms with van der Waals surface area (Å²) in [6.07, 6.45) is 1.67. The van der Waals surface area contributed by atoms with Crippen LogP contribution in [0.5, 0.6) is 11.5 Å². The van der Waals surface area contributed by atoms with Crippen molar-refractivity contribution in [2.75, 3.05) is 7.11 Å². The van der Waals surface area contributed by atoms with Crippen molar-refractivity contribution in [3.8, 4) is 11.5 Å². The molecule has 0 atom stereocenters. The predicted molar refractivity (Wildman–Crippen MR) is 114 cm³/mol. The van der Waals surface area contributed by atoms with Gasteiger partial charge >= 0.3 is 5.63 Å². The summed E-state index contributed by atoms with van der Waals surface area (Å²) in [7, 11) is 1.60. The molecule has 0 radical (unpaired) electrons. The van der Waals surface area contributed by atoms with Crippen molar-refractivity contribution in [2.24, 2.45) is 4.99 Å². The normalized spacial score (nSPS) is 11.1. The van der Waals surface area contributed by atoms with Crippen LogP contribution in [-0.2, 0) is 6.61 Å². The first-order valence-corrected chi connectivity index (χ1v) is 9.14. The molecule has 0 aliphatic carbocycles. The Morgan fingerprint density at radius 2 is 1.76 bits per heavy atom. The zero-order chi connectivity index (χ0) is 20.1. The summed E-state index contributed by atoms with van der Waals surface area (Å²) in [6.45, 7) is 0.475. The van der Waals surface area contributed by atoms with Gasteiger partial charge in [0.15, 0.2) is 0 Å². The average Bonchev–Trinajstić information content (AvgIpc) is 2.77. The number of nitrogens with zero attached hydrogens (tertiary/aromatic N) is 1. The van der Waals surface area contributed by atoms with Gasteiger partial charge in [0.05, 0.1) is 18.9 Å². The number of benzene rings is 3. The van der Waals surface area contributed by atoms with Crippen LogP contribution in [0.15, 0.2) is 93.1 Å². The molecule has 0 amide bonds. The second-order valence-electron chi connectivity index (χ2n) is 6.38. The molecule has 4 rings (SSSR count). The van der Waals surface area contributed by atoms with Crippen LogP contribution in [0.25, 0.3) is 11.0 Å². The molecule has 29 heavy (non-hydrogen) atoms. The second-order valence-corrected chi connectivity index (χ2v) is 6.38. The number of fused-ring (bicyclic) bond motifs is 1. The highest BCUT2D eigenvalue weighted by molar-refractivity contribution is 5.93. The molecule has 0 unspecified atom stereocenters. The van der Waals surface area contributed by atoms with Crippen LogP contribution in [0.2, 0.25) is 0 Å². The molecule has 0 aliphatic rings. The maximum absolute atomic E-state index is 11.8. The highest BCUT2D eigenvalue weighted by Gasteiger charge is 2.06. The van der Waals surface area contributed by atoms with E-state index in [0.29, 0.717) is 29.4 Å². The maximum atomic E-state index is 11.8. The van der Waals surface area contributed by atoms with Crippen molar-refractivity contribution in [1.29, 1.82) is 0 Å². The summed E-state index contributed by atoms with van der Waals surface area (Å²) in [6, 6.07) is 24.2. The van der Waals surface area contributed by atoms with Gasteiger partial charge in [0.25, 0.3) is 0 Å². The lowest BCUT2D eigenvalue weighted by Crippen LogP contribution is -1.97. The third-order valence-corrected chi connectivity index (χ3v) is 4.42. The fourth-order valence-electron chi connectivity index (χ4n) is 2.97. The van der Waals surface area contributed by atoms with E-state index in [0.717, 1.165) is 16.5 Å². The Balaban J connectivity index is 1.58. The second kappa shape index (κ2) is 8.44. The Hall–Kier alpha value is -3.86. The molecule has 0 saturated heterocycles. The van der Waals surface area contributed by atoms with E-state index >= 15 is 0 Å². The summed E-state index contributed by atoms with van der Waals surface area (Å²) < 4.78 is 16.5. The van der Waals surface area contributed by atoms with Crippen molar-refractivity contribution in [2.45, 2.75) is 6.61 Å². The van der Waals surface area contributed by atoms with Crippen LogP contribution >= 0.6 is 0 Å². The first-order chi connectivity index (χ1) is 14.2. The third kappa shape index (κ3) is 4.35. The molecule has 5 heteroatoms. The number of ether oxygens (including phenoxy) is 2. The number of hydrogen-bond donors (Lipinski definition) is 0. The Kier molecular flexibility index (Phi) is 5.38. The van der Waals surface area contributed by atoms with E-state index in [2.05, 4.69) is 4.99 Å².